The minimum Gasteiger partial charge on any atom is -0.476 e. The second kappa shape index (κ2) is 6.28. The summed E-state index contributed by atoms with van der Waals surface area (Å²) < 4.78 is 4.84. The van der Waals surface area contributed by atoms with Gasteiger partial charge in [0, 0.05) is 19.0 Å². The van der Waals surface area contributed by atoms with Gasteiger partial charge in [-0.25, -0.2) is 9.78 Å². The van der Waals surface area contributed by atoms with Gasteiger partial charge in [-0.05, 0) is 0 Å². The summed E-state index contributed by atoms with van der Waals surface area (Å²) in [7, 11) is 1.39. The molecule has 0 bridgehead atoms. The normalized spacial score (nSPS) is 12.1. The van der Waals surface area contributed by atoms with Crippen molar-refractivity contribution in [3.8, 4) is 0 Å². The van der Waals surface area contributed by atoms with Gasteiger partial charge in [0.15, 0.2) is 5.69 Å². The largest absolute Gasteiger partial charge is 0.476 e. The number of aromatic carboxylic acids is 1. The van der Waals surface area contributed by atoms with E-state index in [9.17, 15) is 9.59 Å². The van der Waals surface area contributed by atoms with Gasteiger partial charge in [0.1, 0.15) is 11.1 Å². The Hall–Kier alpha value is -1.51. The van der Waals surface area contributed by atoms with Gasteiger partial charge in [-0.1, -0.05) is 0 Å². The standard InChI is InChI=1S/C9H13N3O4S/c1-16-6(2-10)8(13)11-3-7-12-5(4-17-7)9(14)15/h4,6H,2-3,10H2,1H3,(H,11,13)(H,14,15). The van der Waals surface area contributed by atoms with E-state index in [-0.39, 0.29) is 24.7 Å². The van der Waals surface area contributed by atoms with Gasteiger partial charge in [0.25, 0.3) is 5.91 Å². The van der Waals surface area contributed by atoms with Crippen LogP contribution in [0, 0.1) is 0 Å². The Morgan fingerprint density at radius 3 is 2.88 bits per heavy atom. The summed E-state index contributed by atoms with van der Waals surface area (Å²) >= 11 is 1.17. The van der Waals surface area contributed by atoms with Crippen molar-refractivity contribution >= 4 is 23.2 Å². The van der Waals surface area contributed by atoms with Crippen molar-refractivity contribution in [1.29, 1.82) is 0 Å². The number of ether oxygens (including phenoxy) is 1. The zero-order chi connectivity index (χ0) is 12.8. The third-order valence-corrected chi connectivity index (χ3v) is 2.82. The molecule has 0 aliphatic rings. The van der Waals surface area contributed by atoms with Crippen molar-refractivity contribution in [1.82, 2.24) is 10.3 Å². The minimum absolute atomic E-state index is 0.0265. The van der Waals surface area contributed by atoms with Crippen LogP contribution in [-0.4, -0.2) is 41.7 Å². The second-order valence-corrected chi connectivity index (χ2v) is 4.05. The molecule has 1 aromatic rings. The first-order chi connectivity index (χ1) is 8.08. The van der Waals surface area contributed by atoms with Crippen LogP contribution in [0.5, 0.6) is 0 Å². The Morgan fingerprint density at radius 2 is 2.41 bits per heavy atom. The number of carboxylic acid groups (broad SMARTS) is 1. The summed E-state index contributed by atoms with van der Waals surface area (Å²) in [4.78, 5) is 25.9. The average Bonchev–Trinajstić information content (AvgIpc) is 2.76. The van der Waals surface area contributed by atoms with E-state index >= 15 is 0 Å². The number of nitrogens with zero attached hydrogens (tertiary/aromatic N) is 1. The lowest BCUT2D eigenvalue weighted by Crippen LogP contribution is -2.40. The van der Waals surface area contributed by atoms with Crippen molar-refractivity contribution < 1.29 is 19.4 Å². The van der Waals surface area contributed by atoms with Crippen LogP contribution in [-0.2, 0) is 16.1 Å². The first-order valence-corrected chi connectivity index (χ1v) is 5.64. The molecule has 7 nitrogen and oxygen atoms in total. The Kier molecular flexibility index (Phi) is 5.01. The van der Waals surface area contributed by atoms with E-state index in [1.165, 1.54) is 23.8 Å². The lowest BCUT2D eigenvalue weighted by atomic mass is 10.3. The van der Waals surface area contributed by atoms with Gasteiger partial charge >= 0.3 is 5.97 Å². The SMILES string of the molecule is COC(CN)C(=O)NCc1nc(C(=O)O)cs1. The Morgan fingerprint density at radius 1 is 1.71 bits per heavy atom. The lowest BCUT2D eigenvalue weighted by Gasteiger charge is -2.11. The molecule has 0 aliphatic carbocycles. The number of aromatic nitrogens is 1. The third kappa shape index (κ3) is 3.77. The number of hydrogen-bond donors (Lipinski definition) is 3. The molecule has 0 fully saturated rings. The summed E-state index contributed by atoms with van der Waals surface area (Å²) in [5.41, 5.74) is 5.29. The number of carbonyl (C=O) groups is 2. The maximum atomic E-state index is 11.5. The van der Waals surface area contributed by atoms with Crippen LogP contribution in [0.4, 0.5) is 0 Å². The molecule has 1 amide bonds. The molecule has 0 saturated carbocycles. The molecule has 8 heteroatoms. The highest BCUT2D eigenvalue weighted by atomic mass is 32.1. The molecule has 1 aromatic heterocycles. The van der Waals surface area contributed by atoms with Crippen LogP contribution >= 0.6 is 11.3 Å². The molecule has 17 heavy (non-hydrogen) atoms. The van der Waals surface area contributed by atoms with Crippen LogP contribution < -0.4 is 11.1 Å². The number of carbonyl (C=O) groups excluding carboxylic acids is 1. The summed E-state index contributed by atoms with van der Waals surface area (Å²) in [5.74, 6) is -1.43. The highest BCUT2D eigenvalue weighted by Gasteiger charge is 2.16. The fraction of sp³-hybridized carbons (Fsp3) is 0.444. The molecule has 0 aliphatic heterocycles. The Labute approximate surface area is 102 Å². The second-order valence-electron chi connectivity index (χ2n) is 3.11. The number of carboxylic acids is 1. The molecule has 1 heterocycles. The molecule has 1 atom stereocenters. The summed E-state index contributed by atoms with van der Waals surface area (Å²) in [6, 6.07) is 0. The first-order valence-electron chi connectivity index (χ1n) is 4.76. The molecule has 1 unspecified atom stereocenters. The predicted molar refractivity (Wildman–Crippen MR) is 60.8 cm³/mol. The zero-order valence-electron chi connectivity index (χ0n) is 9.17. The Balaban J connectivity index is 2.49. The summed E-state index contributed by atoms with van der Waals surface area (Å²) in [6.07, 6.45) is -0.700. The van der Waals surface area contributed by atoms with E-state index in [0.717, 1.165) is 0 Å². The van der Waals surface area contributed by atoms with Crippen molar-refractivity contribution in [3.05, 3.63) is 16.1 Å². The van der Waals surface area contributed by atoms with E-state index < -0.39 is 12.1 Å². The quantitative estimate of drug-likeness (QED) is 0.630. The van der Waals surface area contributed by atoms with E-state index in [1.54, 1.807) is 0 Å². The summed E-state index contributed by atoms with van der Waals surface area (Å²) in [5, 5.41) is 13.2. The molecule has 1 rings (SSSR count). The van der Waals surface area contributed by atoms with Crippen molar-refractivity contribution in [2.75, 3.05) is 13.7 Å². The maximum absolute atomic E-state index is 11.5. The molecular formula is C9H13N3O4S. The van der Waals surface area contributed by atoms with Crippen molar-refractivity contribution in [2.24, 2.45) is 5.73 Å². The molecular weight excluding hydrogens is 246 g/mol. The molecule has 0 radical (unpaired) electrons. The fourth-order valence-corrected chi connectivity index (χ4v) is 1.78. The molecule has 4 N–H and O–H groups in total. The molecule has 0 aromatic carbocycles. The van der Waals surface area contributed by atoms with Gasteiger partial charge in [0.2, 0.25) is 0 Å². The number of hydrogen-bond acceptors (Lipinski definition) is 6. The van der Waals surface area contributed by atoms with Crippen LogP contribution in [0.15, 0.2) is 5.38 Å². The summed E-state index contributed by atoms with van der Waals surface area (Å²) in [6.45, 7) is 0.247. The van der Waals surface area contributed by atoms with Crippen LogP contribution in [0.3, 0.4) is 0 Å². The van der Waals surface area contributed by atoms with E-state index in [4.69, 9.17) is 15.6 Å². The lowest BCUT2D eigenvalue weighted by molar-refractivity contribution is -0.130. The number of methoxy groups -OCH3 is 1. The van der Waals surface area contributed by atoms with Gasteiger partial charge in [-0.2, -0.15) is 0 Å². The van der Waals surface area contributed by atoms with Crippen molar-refractivity contribution in [2.45, 2.75) is 12.6 Å². The molecule has 94 valence electrons. The number of rotatable bonds is 6. The van der Waals surface area contributed by atoms with Gasteiger partial charge in [-0.3, -0.25) is 4.79 Å². The predicted octanol–water partition coefficient (Wildman–Crippen LogP) is -0.569. The molecule has 0 saturated heterocycles. The fourth-order valence-electron chi connectivity index (χ4n) is 1.08. The number of nitrogens with one attached hydrogen (secondary N) is 1. The van der Waals surface area contributed by atoms with Crippen LogP contribution in [0.2, 0.25) is 0 Å². The monoisotopic (exact) mass is 259 g/mol. The number of thiazole rings is 1. The number of amides is 1. The van der Waals surface area contributed by atoms with E-state index in [1.807, 2.05) is 0 Å². The van der Waals surface area contributed by atoms with Gasteiger partial charge in [0.05, 0.1) is 6.54 Å². The topological polar surface area (TPSA) is 115 Å². The van der Waals surface area contributed by atoms with E-state index in [2.05, 4.69) is 10.3 Å². The maximum Gasteiger partial charge on any atom is 0.355 e. The minimum atomic E-state index is -1.09. The van der Waals surface area contributed by atoms with Crippen molar-refractivity contribution in [3.63, 3.8) is 0 Å². The zero-order valence-corrected chi connectivity index (χ0v) is 9.99. The van der Waals surface area contributed by atoms with Gasteiger partial charge in [-0.15, -0.1) is 11.3 Å². The third-order valence-electron chi connectivity index (χ3n) is 1.98. The number of nitrogens with two attached hydrogens (primary N) is 1. The highest BCUT2D eigenvalue weighted by Crippen LogP contribution is 2.09. The Bertz CT molecular complexity index is 403. The first kappa shape index (κ1) is 13.6. The van der Waals surface area contributed by atoms with E-state index in [0.29, 0.717) is 5.01 Å². The van der Waals surface area contributed by atoms with Crippen LogP contribution in [0.1, 0.15) is 15.5 Å². The highest BCUT2D eigenvalue weighted by molar-refractivity contribution is 7.09. The molecule has 0 spiro atoms. The van der Waals surface area contributed by atoms with Crippen LogP contribution in [0.25, 0.3) is 0 Å². The van der Waals surface area contributed by atoms with Gasteiger partial charge < -0.3 is 20.9 Å². The average molecular weight is 259 g/mol. The smallest absolute Gasteiger partial charge is 0.355 e.